The van der Waals surface area contributed by atoms with E-state index < -0.39 is 23.6 Å². The van der Waals surface area contributed by atoms with E-state index in [1.807, 2.05) is 0 Å². The number of rotatable bonds is 1. The molecule has 4 nitrogen and oxygen atoms in total. The number of para-hydroxylation sites is 2. The third kappa shape index (κ3) is 2.27. The molecule has 0 N–H and O–H groups in total. The first-order valence-corrected chi connectivity index (χ1v) is 8.86. The largest absolute Gasteiger partial charge is 0.418 e. The number of nitrogens with zero attached hydrogens (tertiary/aromatic N) is 2. The Morgan fingerprint density at radius 1 is 0.793 bits per heavy atom. The van der Waals surface area contributed by atoms with Gasteiger partial charge in [0.25, 0.3) is 11.8 Å². The number of carbonyl (C=O) groups is 2. The molecule has 1 aliphatic rings. The number of hydrogen-bond acceptors (Lipinski definition) is 2. The fourth-order valence-corrected chi connectivity index (χ4v) is 4.07. The molecule has 1 aliphatic heterocycles. The van der Waals surface area contributed by atoms with Crippen LogP contribution in [0, 0.1) is 0 Å². The van der Waals surface area contributed by atoms with Crippen molar-refractivity contribution in [2.24, 2.45) is 0 Å². The van der Waals surface area contributed by atoms with Gasteiger partial charge in [-0.05, 0) is 24.3 Å². The summed E-state index contributed by atoms with van der Waals surface area (Å²) in [6.07, 6.45) is -4.58. The molecule has 0 fully saturated rings. The molecule has 3 aromatic carbocycles. The molecule has 0 saturated heterocycles. The maximum Gasteiger partial charge on any atom is 0.418 e. The summed E-state index contributed by atoms with van der Waals surface area (Å²) in [5.74, 6) is -1.00. The summed E-state index contributed by atoms with van der Waals surface area (Å²) in [7, 11) is 1.36. The minimum absolute atomic E-state index is 0.0376. The molecule has 0 aliphatic carbocycles. The van der Waals surface area contributed by atoms with Crippen molar-refractivity contribution in [3.63, 3.8) is 0 Å². The number of amides is 2. The number of hydrogen-bond donors (Lipinski definition) is 0. The van der Waals surface area contributed by atoms with Crippen LogP contribution in [0.1, 0.15) is 26.3 Å². The van der Waals surface area contributed by atoms with E-state index in [2.05, 4.69) is 0 Å². The molecule has 0 radical (unpaired) electrons. The van der Waals surface area contributed by atoms with Crippen LogP contribution in [0.15, 0.2) is 60.7 Å². The average molecular weight is 394 g/mol. The molecule has 0 unspecified atom stereocenters. The highest BCUT2D eigenvalue weighted by Gasteiger charge is 2.38. The molecule has 4 aromatic rings. The quantitative estimate of drug-likeness (QED) is 0.425. The highest BCUT2D eigenvalue weighted by molar-refractivity contribution is 6.23. The van der Waals surface area contributed by atoms with Gasteiger partial charge in [-0.15, -0.1) is 0 Å². The second-order valence-corrected chi connectivity index (χ2v) is 6.92. The topological polar surface area (TPSA) is 42.3 Å². The Balaban J connectivity index is 2.00. The number of aromatic nitrogens is 1. The van der Waals surface area contributed by atoms with Gasteiger partial charge in [-0.25, -0.2) is 0 Å². The van der Waals surface area contributed by atoms with Gasteiger partial charge in [0.15, 0.2) is 0 Å². The summed E-state index contributed by atoms with van der Waals surface area (Å²) in [4.78, 5) is 26.1. The zero-order valence-electron chi connectivity index (χ0n) is 15.1. The molecule has 144 valence electrons. The summed E-state index contributed by atoms with van der Waals surface area (Å²) in [6.45, 7) is 0. The van der Waals surface area contributed by atoms with Crippen molar-refractivity contribution >= 4 is 33.6 Å². The lowest BCUT2D eigenvalue weighted by Crippen LogP contribution is -2.24. The predicted molar refractivity (Wildman–Crippen MR) is 102 cm³/mol. The number of benzene rings is 3. The summed E-state index contributed by atoms with van der Waals surface area (Å²) in [6, 6.07) is 15.6. The van der Waals surface area contributed by atoms with Crippen LogP contribution in [0.4, 0.5) is 13.2 Å². The Kier molecular flexibility index (Phi) is 3.44. The molecule has 2 heterocycles. The first-order chi connectivity index (χ1) is 13.8. The van der Waals surface area contributed by atoms with Crippen LogP contribution in [0.5, 0.6) is 0 Å². The van der Waals surface area contributed by atoms with Gasteiger partial charge in [-0.3, -0.25) is 14.5 Å². The SMILES string of the molecule is CN1C(=O)c2cccc(-n3c4ccccc4c4cccc(C(F)(F)F)c43)c2C1=O. The number of carbonyl (C=O) groups excluding carboxylic acids is 2. The molecule has 0 bridgehead atoms. The van der Waals surface area contributed by atoms with Gasteiger partial charge in [0.2, 0.25) is 0 Å². The molecular formula is C22H13F3N2O2. The van der Waals surface area contributed by atoms with Gasteiger partial charge in [0.1, 0.15) is 0 Å². The molecule has 0 atom stereocenters. The number of fused-ring (bicyclic) bond motifs is 4. The third-order valence-corrected chi connectivity index (χ3v) is 5.34. The van der Waals surface area contributed by atoms with E-state index in [1.54, 1.807) is 42.5 Å². The van der Waals surface area contributed by atoms with Gasteiger partial charge in [-0.1, -0.05) is 36.4 Å². The second-order valence-electron chi connectivity index (χ2n) is 6.92. The zero-order valence-corrected chi connectivity index (χ0v) is 15.1. The van der Waals surface area contributed by atoms with E-state index in [9.17, 15) is 22.8 Å². The van der Waals surface area contributed by atoms with E-state index >= 15 is 0 Å². The Hall–Kier alpha value is -3.61. The van der Waals surface area contributed by atoms with Gasteiger partial charge in [-0.2, -0.15) is 13.2 Å². The van der Waals surface area contributed by atoms with Crippen LogP contribution in [0.3, 0.4) is 0 Å². The Labute approximate surface area is 162 Å². The Morgan fingerprint density at radius 3 is 2.24 bits per heavy atom. The van der Waals surface area contributed by atoms with Crippen LogP contribution in [-0.4, -0.2) is 28.3 Å². The monoisotopic (exact) mass is 394 g/mol. The van der Waals surface area contributed by atoms with E-state index in [-0.39, 0.29) is 22.3 Å². The maximum atomic E-state index is 13.9. The van der Waals surface area contributed by atoms with Gasteiger partial charge in [0.05, 0.1) is 33.4 Å². The van der Waals surface area contributed by atoms with Gasteiger partial charge >= 0.3 is 6.18 Å². The van der Waals surface area contributed by atoms with Crippen molar-refractivity contribution in [1.82, 2.24) is 9.47 Å². The van der Waals surface area contributed by atoms with Crippen molar-refractivity contribution in [1.29, 1.82) is 0 Å². The van der Waals surface area contributed by atoms with E-state index in [1.165, 1.54) is 23.7 Å². The molecule has 2 amide bonds. The van der Waals surface area contributed by atoms with Crippen LogP contribution in [-0.2, 0) is 6.18 Å². The van der Waals surface area contributed by atoms with Crippen molar-refractivity contribution in [3.05, 3.63) is 77.4 Å². The van der Waals surface area contributed by atoms with Crippen molar-refractivity contribution in [2.45, 2.75) is 6.18 Å². The first-order valence-electron chi connectivity index (χ1n) is 8.86. The summed E-state index contributed by atoms with van der Waals surface area (Å²) < 4.78 is 43.1. The van der Waals surface area contributed by atoms with Gasteiger partial charge < -0.3 is 4.57 Å². The smallest absolute Gasteiger partial charge is 0.308 e. The number of imide groups is 1. The fourth-order valence-electron chi connectivity index (χ4n) is 4.07. The lowest BCUT2D eigenvalue weighted by atomic mass is 10.1. The summed E-state index contributed by atoms with van der Waals surface area (Å²) in [5, 5.41) is 1.06. The molecule has 0 saturated carbocycles. The lowest BCUT2D eigenvalue weighted by molar-refractivity contribution is -0.136. The minimum Gasteiger partial charge on any atom is -0.308 e. The third-order valence-electron chi connectivity index (χ3n) is 5.34. The summed E-state index contributed by atoms with van der Waals surface area (Å²) >= 11 is 0. The fraction of sp³-hybridized carbons (Fsp3) is 0.0909. The minimum atomic E-state index is -4.58. The van der Waals surface area contributed by atoms with E-state index in [0.717, 1.165) is 11.0 Å². The van der Waals surface area contributed by atoms with Gasteiger partial charge in [0, 0.05) is 17.8 Å². The number of halogens is 3. The standard InChI is InChI=1S/C22H13F3N2O2/c1-26-20(28)14-8-5-11-17(18(14)21(26)29)27-16-10-3-2-6-12(16)13-7-4-9-15(19(13)27)22(23,24)25/h2-11H,1H3. The number of alkyl halides is 3. The highest BCUT2D eigenvalue weighted by atomic mass is 19.4. The van der Waals surface area contributed by atoms with E-state index in [4.69, 9.17) is 0 Å². The normalized spacial score (nSPS) is 14.3. The van der Waals surface area contributed by atoms with Crippen LogP contribution in [0.2, 0.25) is 0 Å². The zero-order chi connectivity index (χ0) is 20.5. The van der Waals surface area contributed by atoms with Crippen LogP contribution in [0.25, 0.3) is 27.5 Å². The molecule has 1 aromatic heterocycles. The molecule has 5 rings (SSSR count). The second kappa shape index (κ2) is 5.70. The van der Waals surface area contributed by atoms with E-state index in [0.29, 0.717) is 16.3 Å². The van der Waals surface area contributed by atoms with Crippen LogP contribution >= 0.6 is 0 Å². The first kappa shape index (κ1) is 17.5. The lowest BCUT2D eigenvalue weighted by Gasteiger charge is -2.15. The summed E-state index contributed by atoms with van der Waals surface area (Å²) in [5.41, 5.74) is 0.249. The molecule has 7 heteroatoms. The Morgan fingerprint density at radius 2 is 1.48 bits per heavy atom. The van der Waals surface area contributed by atoms with Crippen molar-refractivity contribution in [2.75, 3.05) is 7.05 Å². The Bertz CT molecular complexity index is 1350. The average Bonchev–Trinajstić information content (AvgIpc) is 3.15. The van der Waals surface area contributed by atoms with Crippen molar-refractivity contribution in [3.8, 4) is 5.69 Å². The molecule has 29 heavy (non-hydrogen) atoms. The molecule has 0 spiro atoms. The predicted octanol–water partition coefficient (Wildman–Crippen LogP) is 5.03. The van der Waals surface area contributed by atoms with Crippen LogP contribution < -0.4 is 0 Å². The maximum absolute atomic E-state index is 13.9. The molecular weight excluding hydrogens is 381 g/mol. The van der Waals surface area contributed by atoms with Crippen molar-refractivity contribution < 1.29 is 22.8 Å². The highest BCUT2D eigenvalue weighted by Crippen LogP contribution is 2.41.